The number of nitrogens with zero attached hydrogens (tertiary/aromatic N) is 1. The lowest BCUT2D eigenvalue weighted by Gasteiger charge is -2.14. The summed E-state index contributed by atoms with van der Waals surface area (Å²) in [6.07, 6.45) is 0.275. The van der Waals surface area contributed by atoms with E-state index in [1.54, 1.807) is 7.11 Å². The van der Waals surface area contributed by atoms with Gasteiger partial charge in [0.1, 0.15) is 0 Å². The van der Waals surface area contributed by atoms with Crippen LogP contribution in [-0.2, 0) is 11.3 Å². The van der Waals surface area contributed by atoms with Gasteiger partial charge in [0.25, 0.3) is 5.91 Å². The highest BCUT2D eigenvalue weighted by Gasteiger charge is 2.13. The van der Waals surface area contributed by atoms with Gasteiger partial charge in [0.15, 0.2) is 18.1 Å². The number of hydrogen-bond donors (Lipinski definition) is 2. The summed E-state index contributed by atoms with van der Waals surface area (Å²) in [5.74, 6) is 0.755. The molecule has 0 saturated carbocycles. The van der Waals surface area contributed by atoms with Gasteiger partial charge in [-0.3, -0.25) is 4.79 Å². The van der Waals surface area contributed by atoms with Crippen LogP contribution in [0.1, 0.15) is 12.0 Å². The van der Waals surface area contributed by atoms with Gasteiger partial charge in [-0.2, -0.15) is 5.26 Å². The fourth-order valence-electron chi connectivity index (χ4n) is 1.67. The van der Waals surface area contributed by atoms with Crippen molar-refractivity contribution in [3.8, 4) is 17.6 Å². The fourth-order valence-corrected chi connectivity index (χ4v) is 2.27. The molecule has 0 unspecified atom stereocenters. The van der Waals surface area contributed by atoms with Crippen LogP contribution in [0.4, 0.5) is 0 Å². The number of carbonyl (C=O) groups excluding carboxylic acids is 1. The molecule has 2 N–H and O–H groups in total. The van der Waals surface area contributed by atoms with Crippen LogP contribution in [0.15, 0.2) is 16.6 Å². The van der Waals surface area contributed by atoms with Crippen LogP contribution >= 0.6 is 15.9 Å². The van der Waals surface area contributed by atoms with Crippen molar-refractivity contribution in [2.75, 3.05) is 27.3 Å². The molecule has 0 saturated heterocycles. The minimum absolute atomic E-state index is 0.133. The van der Waals surface area contributed by atoms with E-state index in [4.69, 9.17) is 14.7 Å². The molecule has 0 radical (unpaired) electrons. The molecule has 0 aliphatic rings. The number of ether oxygens (including phenoxy) is 2. The van der Waals surface area contributed by atoms with Crippen molar-refractivity contribution >= 4 is 21.8 Å². The second-order valence-corrected chi connectivity index (χ2v) is 5.04. The molecule has 21 heavy (non-hydrogen) atoms. The van der Waals surface area contributed by atoms with E-state index in [0.29, 0.717) is 24.6 Å². The molecule has 0 fully saturated rings. The highest BCUT2D eigenvalue weighted by atomic mass is 79.9. The maximum Gasteiger partial charge on any atom is 0.257 e. The van der Waals surface area contributed by atoms with E-state index >= 15 is 0 Å². The summed E-state index contributed by atoms with van der Waals surface area (Å²) >= 11 is 3.42. The van der Waals surface area contributed by atoms with Crippen LogP contribution in [0.2, 0.25) is 0 Å². The molecule has 0 bridgehead atoms. The molecule has 1 amide bonds. The first-order valence-corrected chi connectivity index (χ1v) is 7.19. The zero-order valence-corrected chi connectivity index (χ0v) is 13.6. The number of carbonyl (C=O) groups is 1. The summed E-state index contributed by atoms with van der Waals surface area (Å²) in [4.78, 5) is 11.6. The van der Waals surface area contributed by atoms with Gasteiger partial charge in [0.05, 0.1) is 24.1 Å². The van der Waals surface area contributed by atoms with Gasteiger partial charge >= 0.3 is 0 Å². The Morgan fingerprint density at radius 2 is 2.24 bits per heavy atom. The van der Waals surface area contributed by atoms with Gasteiger partial charge in [-0.1, -0.05) is 0 Å². The van der Waals surface area contributed by atoms with E-state index in [1.165, 1.54) is 0 Å². The van der Waals surface area contributed by atoms with Crippen LogP contribution < -0.4 is 20.1 Å². The zero-order chi connectivity index (χ0) is 15.7. The Hall–Kier alpha value is -1.78. The molecule has 0 aliphatic heterocycles. The van der Waals surface area contributed by atoms with Gasteiger partial charge in [-0.05, 0) is 40.7 Å². The molecular formula is C14H18BrN3O3. The molecule has 0 aromatic heterocycles. The van der Waals surface area contributed by atoms with E-state index < -0.39 is 0 Å². The Balaban J connectivity index is 2.70. The van der Waals surface area contributed by atoms with Crippen molar-refractivity contribution in [3.63, 3.8) is 0 Å². The summed E-state index contributed by atoms with van der Waals surface area (Å²) in [5, 5.41) is 14.0. The molecule has 1 rings (SSSR count). The largest absolute Gasteiger partial charge is 0.493 e. The van der Waals surface area contributed by atoms with E-state index in [2.05, 4.69) is 26.6 Å². The van der Waals surface area contributed by atoms with Gasteiger partial charge < -0.3 is 20.1 Å². The van der Waals surface area contributed by atoms with Crippen molar-refractivity contribution in [2.45, 2.75) is 13.0 Å². The second kappa shape index (κ2) is 9.21. The molecule has 0 aliphatic carbocycles. The van der Waals surface area contributed by atoms with Crippen LogP contribution in [-0.4, -0.2) is 33.2 Å². The first kappa shape index (κ1) is 17.3. The Bertz CT molecular complexity index is 529. The number of hydrogen-bond acceptors (Lipinski definition) is 5. The average molecular weight is 356 g/mol. The van der Waals surface area contributed by atoms with Crippen molar-refractivity contribution in [3.05, 3.63) is 22.2 Å². The number of nitrogens with one attached hydrogen (secondary N) is 2. The minimum atomic E-state index is -0.279. The lowest BCUT2D eigenvalue weighted by molar-refractivity contribution is -0.123. The summed E-state index contributed by atoms with van der Waals surface area (Å²) in [6, 6.07) is 5.71. The van der Waals surface area contributed by atoms with Crippen LogP contribution in [0.25, 0.3) is 0 Å². The number of benzene rings is 1. The molecule has 7 heteroatoms. The summed E-state index contributed by atoms with van der Waals surface area (Å²) < 4.78 is 11.5. The van der Waals surface area contributed by atoms with Gasteiger partial charge in [0, 0.05) is 13.1 Å². The number of nitriles is 1. The standard InChI is InChI=1S/C14H18BrN3O3/c1-17-8-10-6-11(15)14(12(7-10)20-2)21-9-13(19)18-5-3-4-16/h6-7,17H,3,5,8-9H2,1-2H3,(H,18,19). The van der Waals surface area contributed by atoms with Crippen molar-refractivity contribution in [1.82, 2.24) is 10.6 Å². The Morgan fingerprint density at radius 1 is 1.48 bits per heavy atom. The van der Waals surface area contributed by atoms with Gasteiger partial charge in [-0.25, -0.2) is 0 Å². The lowest BCUT2D eigenvalue weighted by atomic mass is 10.2. The number of rotatable bonds is 8. The van der Waals surface area contributed by atoms with E-state index in [1.807, 2.05) is 25.2 Å². The molecule has 6 nitrogen and oxygen atoms in total. The first-order valence-electron chi connectivity index (χ1n) is 6.39. The molecular weight excluding hydrogens is 338 g/mol. The molecule has 0 atom stereocenters. The highest BCUT2D eigenvalue weighted by Crippen LogP contribution is 2.36. The number of halogens is 1. The third kappa shape index (κ3) is 5.61. The third-order valence-electron chi connectivity index (χ3n) is 2.58. The molecule has 1 aromatic rings. The predicted octanol–water partition coefficient (Wildman–Crippen LogP) is 1.59. The van der Waals surface area contributed by atoms with E-state index in [9.17, 15) is 4.79 Å². The Kier molecular flexibility index (Phi) is 7.58. The lowest BCUT2D eigenvalue weighted by Crippen LogP contribution is -2.29. The van der Waals surface area contributed by atoms with E-state index in [-0.39, 0.29) is 18.9 Å². The van der Waals surface area contributed by atoms with Crippen LogP contribution in [0.3, 0.4) is 0 Å². The van der Waals surface area contributed by atoms with Gasteiger partial charge in [0.2, 0.25) is 0 Å². The topological polar surface area (TPSA) is 83.4 Å². The Labute approximate surface area is 132 Å². The first-order chi connectivity index (χ1) is 10.1. The smallest absolute Gasteiger partial charge is 0.257 e. The zero-order valence-electron chi connectivity index (χ0n) is 12.0. The summed E-state index contributed by atoms with van der Waals surface area (Å²) in [6.45, 7) is 0.883. The number of amides is 1. The molecule has 114 valence electrons. The Morgan fingerprint density at radius 3 is 2.86 bits per heavy atom. The fraction of sp³-hybridized carbons (Fsp3) is 0.429. The maximum absolute atomic E-state index is 11.6. The average Bonchev–Trinajstić information content (AvgIpc) is 2.46. The molecule has 1 aromatic carbocycles. The quantitative estimate of drug-likeness (QED) is 0.691. The monoisotopic (exact) mass is 355 g/mol. The second-order valence-electron chi connectivity index (χ2n) is 4.19. The van der Waals surface area contributed by atoms with Gasteiger partial charge in [-0.15, -0.1) is 0 Å². The van der Waals surface area contributed by atoms with Crippen LogP contribution in [0.5, 0.6) is 11.5 Å². The van der Waals surface area contributed by atoms with Crippen molar-refractivity contribution in [2.24, 2.45) is 0 Å². The van der Waals surface area contributed by atoms with Crippen molar-refractivity contribution in [1.29, 1.82) is 5.26 Å². The molecule has 0 spiro atoms. The van der Waals surface area contributed by atoms with Crippen LogP contribution in [0, 0.1) is 11.3 Å². The SMILES string of the molecule is CNCc1cc(Br)c(OCC(=O)NCCC#N)c(OC)c1. The number of methoxy groups -OCH3 is 1. The highest BCUT2D eigenvalue weighted by molar-refractivity contribution is 9.10. The van der Waals surface area contributed by atoms with Crippen molar-refractivity contribution < 1.29 is 14.3 Å². The minimum Gasteiger partial charge on any atom is -0.493 e. The predicted molar refractivity (Wildman–Crippen MR) is 82.2 cm³/mol. The normalized spacial score (nSPS) is 9.81. The molecule has 0 heterocycles. The summed E-state index contributed by atoms with van der Waals surface area (Å²) in [7, 11) is 3.40. The summed E-state index contributed by atoms with van der Waals surface area (Å²) in [5.41, 5.74) is 1.03. The van der Waals surface area contributed by atoms with E-state index in [0.717, 1.165) is 10.0 Å². The maximum atomic E-state index is 11.6. The third-order valence-corrected chi connectivity index (χ3v) is 3.17.